The molecule has 5 aliphatic rings. The Kier molecular flexibility index (Phi) is 4.27. The Morgan fingerprint density at radius 2 is 1.90 bits per heavy atom. The minimum atomic E-state index is -0.305. The number of thioether (sulfide) groups is 1. The molecular formula is C24H30O4S. The van der Waals surface area contributed by atoms with E-state index in [0.717, 1.165) is 38.5 Å². The fraction of sp³-hybridized carbons (Fsp3) is 0.708. The zero-order valence-corrected chi connectivity index (χ0v) is 18.3. The highest BCUT2D eigenvalue weighted by molar-refractivity contribution is 8.14. The molecule has 0 N–H and O–H groups in total. The van der Waals surface area contributed by atoms with Crippen molar-refractivity contribution in [1.29, 1.82) is 0 Å². The van der Waals surface area contributed by atoms with Crippen LogP contribution in [0.1, 0.15) is 65.7 Å². The number of hydrogen-bond donors (Lipinski definition) is 0. The summed E-state index contributed by atoms with van der Waals surface area (Å²) in [4.78, 5) is 36.3. The third-order valence-electron chi connectivity index (χ3n) is 9.20. The van der Waals surface area contributed by atoms with E-state index in [9.17, 15) is 14.4 Å². The Morgan fingerprint density at radius 3 is 2.59 bits per heavy atom. The van der Waals surface area contributed by atoms with E-state index in [0.29, 0.717) is 24.2 Å². The number of allylic oxidation sites excluding steroid dienone is 4. The van der Waals surface area contributed by atoms with Crippen LogP contribution >= 0.6 is 11.8 Å². The first-order chi connectivity index (χ1) is 13.7. The molecule has 0 aromatic carbocycles. The number of carbonyl (C=O) groups excluding carboxylic acids is 3. The maximum Gasteiger partial charge on any atom is 0.306 e. The maximum absolute atomic E-state index is 12.1. The van der Waals surface area contributed by atoms with E-state index in [4.69, 9.17) is 4.74 Å². The largest absolute Gasteiger partial charge is 0.458 e. The third kappa shape index (κ3) is 2.62. The van der Waals surface area contributed by atoms with Crippen LogP contribution in [0.2, 0.25) is 0 Å². The van der Waals surface area contributed by atoms with E-state index in [2.05, 4.69) is 19.9 Å². The second-order valence-electron chi connectivity index (χ2n) is 10.3. The Hall–Kier alpha value is -1.36. The number of ether oxygens (including phenoxy) is 1. The van der Waals surface area contributed by atoms with E-state index >= 15 is 0 Å². The first-order valence-corrected chi connectivity index (χ1v) is 11.9. The predicted molar refractivity (Wildman–Crippen MR) is 112 cm³/mol. The van der Waals surface area contributed by atoms with Gasteiger partial charge in [0.25, 0.3) is 0 Å². The molecule has 4 nitrogen and oxygen atoms in total. The van der Waals surface area contributed by atoms with Crippen molar-refractivity contribution >= 4 is 28.6 Å². The summed E-state index contributed by atoms with van der Waals surface area (Å²) in [5.41, 5.74) is 0.784. The Labute approximate surface area is 176 Å². The Bertz CT molecular complexity index is 859. The van der Waals surface area contributed by atoms with Gasteiger partial charge < -0.3 is 4.74 Å². The molecule has 4 fully saturated rings. The molecule has 5 heteroatoms. The highest BCUT2D eigenvalue weighted by Crippen LogP contribution is 2.70. The van der Waals surface area contributed by atoms with Crippen LogP contribution < -0.4 is 0 Å². The van der Waals surface area contributed by atoms with Gasteiger partial charge in [-0.2, -0.15) is 0 Å². The molecule has 1 spiro atoms. The second-order valence-corrected chi connectivity index (χ2v) is 11.7. The molecule has 156 valence electrons. The van der Waals surface area contributed by atoms with Gasteiger partial charge in [0, 0.05) is 29.4 Å². The van der Waals surface area contributed by atoms with Crippen molar-refractivity contribution in [2.24, 2.45) is 28.6 Å². The van der Waals surface area contributed by atoms with Gasteiger partial charge in [0.1, 0.15) is 5.60 Å². The van der Waals surface area contributed by atoms with Crippen LogP contribution in [-0.4, -0.2) is 27.7 Å². The maximum atomic E-state index is 12.1. The van der Waals surface area contributed by atoms with Crippen molar-refractivity contribution in [2.75, 3.05) is 0 Å². The SMILES string of the molecule is CC(=O)S[C@@H]1CC2=CC(=O)C=C[C@]2(C)[C@H]2CC[C@@]3(C)[C@@H](CC[C@@]34CCC(=O)O4)[C@H]12. The number of carbonyl (C=O) groups is 3. The van der Waals surface area contributed by atoms with Gasteiger partial charge >= 0.3 is 5.97 Å². The van der Waals surface area contributed by atoms with Crippen LogP contribution in [0.5, 0.6) is 0 Å². The van der Waals surface area contributed by atoms with Crippen molar-refractivity contribution in [2.45, 2.75) is 76.6 Å². The highest BCUT2D eigenvalue weighted by Gasteiger charge is 2.68. The molecule has 1 saturated heterocycles. The quantitative estimate of drug-likeness (QED) is 0.586. The average molecular weight is 415 g/mol. The lowest BCUT2D eigenvalue weighted by Crippen LogP contribution is -2.57. The molecule has 0 amide bonds. The lowest BCUT2D eigenvalue weighted by Gasteiger charge is -2.60. The lowest BCUT2D eigenvalue weighted by molar-refractivity contribution is -0.166. The topological polar surface area (TPSA) is 60.4 Å². The van der Waals surface area contributed by atoms with Gasteiger partial charge in [0.15, 0.2) is 10.9 Å². The molecule has 1 heterocycles. The summed E-state index contributed by atoms with van der Waals surface area (Å²) in [5, 5.41) is 0.357. The van der Waals surface area contributed by atoms with E-state index in [1.165, 1.54) is 17.3 Å². The molecule has 29 heavy (non-hydrogen) atoms. The second kappa shape index (κ2) is 6.32. The van der Waals surface area contributed by atoms with Crippen LogP contribution in [0.25, 0.3) is 0 Å². The Morgan fingerprint density at radius 1 is 1.14 bits per heavy atom. The summed E-state index contributed by atoms with van der Waals surface area (Å²) >= 11 is 1.47. The average Bonchev–Trinajstić information content (AvgIpc) is 3.17. The summed E-state index contributed by atoms with van der Waals surface area (Å²) in [6.45, 7) is 6.30. The van der Waals surface area contributed by atoms with E-state index < -0.39 is 0 Å². The van der Waals surface area contributed by atoms with E-state index in [1.807, 2.05) is 6.08 Å². The van der Waals surface area contributed by atoms with Gasteiger partial charge in [-0.15, -0.1) is 0 Å². The molecule has 5 rings (SSSR count). The molecule has 0 aromatic rings. The number of rotatable bonds is 1. The summed E-state index contributed by atoms with van der Waals surface area (Å²) in [6, 6.07) is 0. The number of fused-ring (bicyclic) bond motifs is 6. The standard InChI is InChI=1S/C24H30O4S/c1-14(25)29-19-13-15-12-16(26)4-8-22(15,2)17-5-9-23(3)18(21(17)19)6-10-24(23)11-7-20(27)28-24/h4,8,12,17-19,21H,5-7,9-11,13H2,1-3H3/t17-,18-,19+,21+,22-,23-,24+/m0/s1. The van der Waals surface area contributed by atoms with Crippen molar-refractivity contribution in [3.05, 3.63) is 23.8 Å². The first kappa shape index (κ1) is 19.6. The fourth-order valence-corrected chi connectivity index (χ4v) is 9.00. The number of hydrogen-bond acceptors (Lipinski definition) is 5. The van der Waals surface area contributed by atoms with Crippen LogP contribution in [0.4, 0.5) is 0 Å². The molecule has 0 aromatic heterocycles. The molecule has 0 radical (unpaired) electrons. The van der Waals surface area contributed by atoms with Crippen molar-refractivity contribution in [3.8, 4) is 0 Å². The van der Waals surface area contributed by atoms with Gasteiger partial charge in [-0.3, -0.25) is 14.4 Å². The Balaban J connectivity index is 1.57. The van der Waals surface area contributed by atoms with Crippen LogP contribution in [0, 0.1) is 28.6 Å². The number of esters is 1. The summed E-state index contributed by atoms with van der Waals surface area (Å²) in [6.07, 6.45) is 12.0. The highest BCUT2D eigenvalue weighted by atomic mass is 32.2. The normalized spacial score (nSPS) is 48.0. The molecule has 3 saturated carbocycles. The fourth-order valence-electron chi connectivity index (χ4n) is 7.77. The van der Waals surface area contributed by atoms with Gasteiger partial charge in [-0.05, 0) is 68.4 Å². The molecule has 7 atom stereocenters. The predicted octanol–water partition coefficient (Wildman–Crippen LogP) is 4.63. The number of ketones is 1. The third-order valence-corrected chi connectivity index (χ3v) is 10.3. The van der Waals surface area contributed by atoms with E-state index in [1.54, 1.807) is 13.0 Å². The first-order valence-electron chi connectivity index (χ1n) is 11.0. The minimum Gasteiger partial charge on any atom is -0.458 e. The monoisotopic (exact) mass is 414 g/mol. The van der Waals surface area contributed by atoms with Crippen molar-refractivity contribution in [1.82, 2.24) is 0 Å². The van der Waals surface area contributed by atoms with E-state index in [-0.39, 0.29) is 38.5 Å². The molecule has 0 bridgehead atoms. The van der Waals surface area contributed by atoms with Gasteiger partial charge in [0.05, 0.1) is 0 Å². The molecule has 0 unspecified atom stereocenters. The van der Waals surface area contributed by atoms with Gasteiger partial charge in [0.2, 0.25) is 0 Å². The minimum absolute atomic E-state index is 0.0122. The van der Waals surface area contributed by atoms with Gasteiger partial charge in [-0.25, -0.2) is 0 Å². The molecule has 4 aliphatic carbocycles. The van der Waals surface area contributed by atoms with Crippen LogP contribution in [0.3, 0.4) is 0 Å². The molecular weight excluding hydrogens is 384 g/mol. The lowest BCUT2D eigenvalue weighted by atomic mass is 9.47. The zero-order valence-electron chi connectivity index (χ0n) is 17.5. The summed E-state index contributed by atoms with van der Waals surface area (Å²) in [7, 11) is 0. The van der Waals surface area contributed by atoms with Crippen molar-refractivity contribution < 1.29 is 19.1 Å². The van der Waals surface area contributed by atoms with Crippen LogP contribution in [0.15, 0.2) is 23.8 Å². The summed E-state index contributed by atoms with van der Waals surface area (Å²) in [5.74, 6) is 1.31. The zero-order chi connectivity index (χ0) is 20.6. The van der Waals surface area contributed by atoms with Crippen molar-refractivity contribution in [3.63, 3.8) is 0 Å². The van der Waals surface area contributed by atoms with Gasteiger partial charge in [-0.1, -0.05) is 37.3 Å². The van der Waals surface area contributed by atoms with Crippen LogP contribution in [-0.2, 0) is 19.1 Å². The summed E-state index contributed by atoms with van der Waals surface area (Å²) < 4.78 is 6.04. The smallest absolute Gasteiger partial charge is 0.306 e. The molecule has 1 aliphatic heterocycles.